The van der Waals surface area contributed by atoms with E-state index in [0.29, 0.717) is 0 Å². The molecule has 1 unspecified atom stereocenters. The van der Waals surface area contributed by atoms with Crippen molar-refractivity contribution in [2.45, 2.75) is 38.1 Å². The van der Waals surface area contributed by atoms with Gasteiger partial charge in [-0.15, -0.1) is 0 Å². The van der Waals surface area contributed by atoms with Crippen molar-refractivity contribution >= 4 is 0 Å². The Morgan fingerprint density at radius 3 is 2.37 bits per heavy atom. The summed E-state index contributed by atoms with van der Waals surface area (Å²) in [6, 6.07) is 0. The Morgan fingerprint density at radius 2 is 1.74 bits per heavy atom. The zero-order valence-electron chi connectivity index (χ0n) is 12.9. The van der Waals surface area contributed by atoms with Crippen molar-refractivity contribution in [3.05, 3.63) is 0 Å². The van der Waals surface area contributed by atoms with Crippen LogP contribution in [-0.4, -0.2) is 79.6 Å². The van der Waals surface area contributed by atoms with Crippen LogP contribution in [0.5, 0.6) is 0 Å². The molecule has 0 amide bonds. The Balaban J connectivity index is 1.94. The van der Waals surface area contributed by atoms with Crippen molar-refractivity contribution in [3.8, 4) is 0 Å². The molecule has 4 nitrogen and oxygen atoms in total. The summed E-state index contributed by atoms with van der Waals surface area (Å²) >= 11 is 0. The van der Waals surface area contributed by atoms with Crippen LogP contribution < -0.4 is 5.73 Å². The molecule has 0 aromatic rings. The van der Waals surface area contributed by atoms with E-state index in [-0.39, 0.29) is 5.54 Å². The molecule has 0 radical (unpaired) electrons. The van der Waals surface area contributed by atoms with E-state index >= 15 is 0 Å². The normalized spacial score (nSPS) is 32.4. The van der Waals surface area contributed by atoms with Crippen molar-refractivity contribution < 1.29 is 0 Å². The number of hydrogen-bond acceptors (Lipinski definition) is 4. The second-order valence-electron chi connectivity index (χ2n) is 6.41. The second kappa shape index (κ2) is 7.02. The van der Waals surface area contributed by atoms with Crippen molar-refractivity contribution in [2.24, 2.45) is 5.73 Å². The lowest BCUT2D eigenvalue weighted by atomic mass is 9.87. The van der Waals surface area contributed by atoms with Crippen LogP contribution in [0, 0.1) is 0 Å². The fourth-order valence-electron chi connectivity index (χ4n) is 3.73. The quantitative estimate of drug-likeness (QED) is 0.819. The van der Waals surface area contributed by atoms with Gasteiger partial charge in [-0.3, -0.25) is 4.90 Å². The minimum Gasteiger partial charge on any atom is -0.329 e. The van der Waals surface area contributed by atoms with Crippen molar-refractivity contribution in [1.29, 1.82) is 0 Å². The molecule has 2 saturated heterocycles. The zero-order chi connectivity index (χ0) is 13.7. The topological polar surface area (TPSA) is 35.7 Å². The van der Waals surface area contributed by atoms with E-state index in [1.807, 2.05) is 0 Å². The summed E-state index contributed by atoms with van der Waals surface area (Å²) in [7, 11) is 2.24. The summed E-state index contributed by atoms with van der Waals surface area (Å²) in [5.74, 6) is 0. The highest BCUT2D eigenvalue weighted by molar-refractivity contribution is 4.96. The summed E-state index contributed by atoms with van der Waals surface area (Å²) in [4.78, 5) is 7.77. The summed E-state index contributed by atoms with van der Waals surface area (Å²) in [6.45, 7) is 11.7. The smallest absolute Gasteiger partial charge is 0.0345 e. The van der Waals surface area contributed by atoms with Crippen LogP contribution in [0.25, 0.3) is 0 Å². The Hall–Kier alpha value is -0.160. The van der Waals surface area contributed by atoms with Crippen LogP contribution in [0.4, 0.5) is 0 Å². The first-order valence-corrected chi connectivity index (χ1v) is 8.06. The lowest BCUT2D eigenvalue weighted by Crippen LogP contribution is -2.60. The fraction of sp³-hybridized carbons (Fsp3) is 1.00. The van der Waals surface area contributed by atoms with Crippen LogP contribution in [0.15, 0.2) is 0 Å². The van der Waals surface area contributed by atoms with Gasteiger partial charge in [-0.1, -0.05) is 6.92 Å². The molecule has 0 bridgehead atoms. The maximum Gasteiger partial charge on any atom is 0.0345 e. The molecular weight excluding hydrogens is 236 g/mol. The predicted octanol–water partition coefficient (Wildman–Crippen LogP) is 0.827. The Bertz CT molecular complexity index is 263. The summed E-state index contributed by atoms with van der Waals surface area (Å²) in [6.07, 6.45) is 5.09. The highest BCUT2D eigenvalue weighted by Crippen LogP contribution is 2.29. The third kappa shape index (κ3) is 3.69. The number of likely N-dealkylation sites (tertiary alicyclic amines) is 1. The molecule has 0 spiro atoms. The van der Waals surface area contributed by atoms with Crippen molar-refractivity contribution in [1.82, 2.24) is 14.7 Å². The molecule has 2 heterocycles. The van der Waals surface area contributed by atoms with Gasteiger partial charge in [0, 0.05) is 38.3 Å². The standard InChI is InChI=1S/C15H32N4/c1-3-7-18-10-12-19(13-11-18)15(14-16)5-4-8-17(2)9-6-15/h3-14,16H2,1-2H3. The van der Waals surface area contributed by atoms with Crippen molar-refractivity contribution in [2.75, 3.05) is 59.4 Å². The van der Waals surface area contributed by atoms with Crippen LogP contribution in [-0.2, 0) is 0 Å². The minimum atomic E-state index is 0.281. The van der Waals surface area contributed by atoms with Gasteiger partial charge in [-0.25, -0.2) is 0 Å². The van der Waals surface area contributed by atoms with Crippen LogP contribution in [0.2, 0.25) is 0 Å². The SMILES string of the molecule is CCCN1CCN(C2(CN)CCCN(C)CC2)CC1. The van der Waals surface area contributed by atoms with Gasteiger partial charge in [0.1, 0.15) is 0 Å². The lowest BCUT2D eigenvalue weighted by Gasteiger charge is -2.47. The van der Waals surface area contributed by atoms with Crippen LogP contribution in [0.1, 0.15) is 32.6 Å². The van der Waals surface area contributed by atoms with E-state index in [9.17, 15) is 0 Å². The second-order valence-corrected chi connectivity index (χ2v) is 6.41. The molecule has 2 fully saturated rings. The molecule has 0 aliphatic carbocycles. The Kier molecular flexibility index (Phi) is 5.63. The Labute approximate surface area is 118 Å². The number of rotatable bonds is 4. The number of nitrogens with two attached hydrogens (primary N) is 1. The van der Waals surface area contributed by atoms with E-state index in [2.05, 4.69) is 28.7 Å². The minimum absolute atomic E-state index is 0.281. The molecule has 2 N–H and O–H groups in total. The van der Waals surface area contributed by atoms with E-state index < -0.39 is 0 Å². The van der Waals surface area contributed by atoms with Gasteiger partial charge in [0.15, 0.2) is 0 Å². The first-order valence-electron chi connectivity index (χ1n) is 8.06. The molecule has 19 heavy (non-hydrogen) atoms. The first kappa shape index (κ1) is 15.2. The molecule has 2 aliphatic rings. The van der Waals surface area contributed by atoms with Gasteiger partial charge < -0.3 is 15.5 Å². The first-order chi connectivity index (χ1) is 9.20. The number of piperazine rings is 1. The molecule has 2 rings (SSSR count). The molecule has 2 aliphatic heterocycles. The van der Waals surface area contributed by atoms with Crippen LogP contribution >= 0.6 is 0 Å². The van der Waals surface area contributed by atoms with E-state index in [4.69, 9.17) is 5.73 Å². The average molecular weight is 268 g/mol. The Morgan fingerprint density at radius 1 is 1.00 bits per heavy atom. The van der Waals surface area contributed by atoms with Gasteiger partial charge >= 0.3 is 0 Å². The van der Waals surface area contributed by atoms with Gasteiger partial charge in [-0.05, 0) is 52.4 Å². The van der Waals surface area contributed by atoms with E-state index in [1.165, 1.54) is 71.5 Å². The largest absolute Gasteiger partial charge is 0.329 e. The molecular formula is C15H32N4. The summed E-state index contributed by atoms with van der Waals surface area (Å²) < 4.78 is 0. The highest BCUT2D eigenvalue weighted by Gasteiger charge is 2.37. The molecule has 4 heteroatoms. The number of hydrogen-bond donors (Lipinski definition) is 1. The summed E-state index contributed by atoms with van der Waals surface area (Å²) in [5, 5.41) is 0. The van der Waals surface area contributed by atoms with Gasteiger partial charge in [0.2, 0.25) is 0 Å². The highest BCUT2D eigenvalue weighted by atomic mass is 15.3. The molecule has 0 aromatic carbocycles. The van der Waals surface area contributed by atoms with Crippen molar-refractivity contribution in [3.63, 3.8) is 0 Å². The van der Waals surface area contributed by atoms with Gasteiger partial charge in [-0.2, -0.15) is 0 Å². The zero-order valence-corrected chi connectivity index (χ0v) is 12.9. The third-order valence-electron chi connectivity index (χ3n) is 5.10. The third-order valence-corrected chi connectivity index (χ3v) is 5.10. The molecule has 1 atom stereocenters. The monoisotopic (exact) mass is 268 g/mol. The lowest BCUT2D eigenvalue weighted by molar-refractivity contribution is 0.0270. The van der Waals surface area contributed by atoms with E-state index in [0.717, 1.165) is 6.54 Å². The van der Waals surface area contributed by atoms with Crippen LogP contribution in [0.3, 0.4) is 0 Å². The molecule has 112 valence electrons. The summed E-state index contributed by atoms with van der Waals surface area (Å²) in [5.41, 5.74) is 6.48. The maximum absolute atomic E-state index is 6.20. The predicted molar refractivity (Wildman–Crippen MR) is 81.4 cm³/mol. The molecule has 0 saturated carbocycles. The maximum atomic E-state index is 6.20. The molecule has 0 aromatic heterocycles. The average Bonchev–Trinajstić information content (AvgIpc) is 2.63. The van der Waals surface area contributed by atoms with Gasteiger partial charge in [0.05, 0.1) is 0 Å². The van der Waals surface area contributed by atoms with Gasteiger partial charge in [0.25, 0.3) is 0 Å². The van der Waals surface area contributed by atoms with E-state index in [1.54, 1.807) is 0 Å². The number of nitrogens with zero attached hydrogens (tertiary/aromatic N) is 3. The fourth-order valence-corrected chi connectivity index (χ4v) is 3.73.